The van der Waals surface area contributed by atoms with E-state index in [9.17, 15) is 54.0 Å². The van der Waals surface area contributed by atoms with Gasteiger partial charge < -0.3 is 51.3 Å². The number of carbonyl (C=O) groups is 4. The molecule has 1 unspecified atom stereocenters. The number of carboxylic acid groups (broad SMARTS) is 1. The topological polar surface area (TPSA) is 287 Å². The summed E-state index contributed by atoms with van der Waals surface area (Å²) in [5.74, 6) is -5.89. The highest BCUT2D eigenvalue weighted by Crippen LogP contribution is 2.14. The van der Waals surface area contributed by atoms with Crippen LogP contribution in [0.25, 0.3) is 0 Å². The third-order valence-corrected chi connectivity index (χ3v) is 7.11. The maximum absolute atomic E-state index is 13.1. The molecule has 3 amide bonds. The Bertz CT molecular complexity index is 1800. The Morgan fingerprint density at radius 3 is 1.44 bits per heavy atom. The summed E-state index contributed by atoms with van der Waals surface area (Å²) in [6, 6.07) is 2.95. The van der Waals surface area contributed by atoms with Crippen LogP contribution in [-0.2, 0) is 4.79 Å². The molecule has 3 aromatic heterocycles. The summed E-state index contributed by atoms with van der Waals surface area (Å²) in [4.78, 5) is 94.5. The van der Waals surface area contributed by atoms with Crippen molar-refractivity contribution in [2.24, 2.45) is 0 Å². The van der Waals surface area contributed by atoms with Crippen molar-refractivity contribution in [2.75, 3.05) is 32.7 Å². The van der Waals surface area contributed by atoms with Crippen LogP contribution in [0, 0.1) is 20.8 Å². The van der Waals surface area contributed by atoms with Crippen LogP contribution in [0.4, 0.5) is 0 Å². The van der Waals surface area contributed by atoms with Gasteiger partial charge in [0.25, 0.3) is 34.4 Å². The van der Waals surface area contributed by atoms with E-state index < -0.39 is 63.7 Å². The first-order valence-corrected chi connectivity index (χ1v) is 14.7. The molecule has 18 heteroatoms. The van der Waals surface area contributed by atoms with Crippen LogP contribution < -0.4 is 32.6 Å². The Labute approximate surface area is 271 Å². The molecule has 10 N–H and O–H groups in total. The van der Waals surface area contributed by atoms with Crippen molar-refractivity contribution < 1.29 is 39.6 Å². The molecule has 0 aliphatic heterocycles. The molecule has 0 radical (unpaired) electrons. The number of rotatable bonds is 15. The second-order valence-electron chi connectivity index (χ2n) is 11.0. The van der Waals surface area contributed by atoms with E-state index in [0.717, 1.165) is 0 Å². The number of aromatic amines is 3. The average molecular weight is 672 g/mol. The Kier molecular flexibility index (Phi) is 12.2. The largest absolute Gasteiger partial charge is 0.502 e. The van der Waals surface area contributed by atoms with E-state index in [2.05, 4.69) is 30.9 Å². The van der Waals surface area contributed by atoms with Crippen LogP contribution in [0.2, 0.25) is 0 Å². The van der Waals surface area contributed by atoms with Crippen LogP contribution in [0.3, 0.4) is 0 Å². The number of hydrogen-bond donors (Lipinski definition) is 10. The molecule has 0 saturated heterocycles. The van der Waals surface area contributed by atoms with Crippen molar-refractivity contribution in [3.63, 3.8) is 0 Å². The predicted octanol–water partition coefficient (Wildman–Crippen LogP) is -1.08. The summed E-state index contributed by atoms with van der Waals surface area (Å²) in [5, 5.41) is 47.4. The Hall–Kier alpha value is -5.91. The van der Waals surface area contributed by atoms with E-state index in [1.165, 1.54) is 39.0 Å². The number of aromatic nitrogens is 3. The van der Waals surface area contributed by atoms with Gasteiger partial charge in [-0.1, -0.05) is 0 Å². The fourth-order valence-corrected chi connectivity index (χ4v) is 4.79. The number of H-pyrrole nitrogens is 3. The number of pyridine rings is 3. The maximum Gasteiger partial charge on any atom is 0.303 e. The first-order valence-electron chi connectivity index (χ1n) is 14.7. The SMILES string of the molecule is Cc1cc(C(=O)NCCN(CCNC(=O)c2cc(C)[nH]c(=O)c2O)CC(CCC(=O)O)NC(=O)c2cc(C)[nH]c(=O)c2O)c(O)c(=O)[nH]1. The predicted molar refractivity (Wildman–Crippen MR) is 170 cm³/mol. The first-order chi connectivity index (χ1) is 22.6. The Morgan fingerprint density at radius 2 is 1.06 bits per heavy atom. The minimum atomic E-state index is -1.16. The third kappa shape index (κ3) is 9.79. The van der Waals surface area contributed by atoms with Crippen molar-refractivity contribution in [1.29, 1.82) is 0 Å². The van der Waals surface area contributed by atoms with Crippen molar-refractivity contribution in [3.8, 4) is 17.2 Å². The Balaban J connectivity index is 1.80. The molecule has 0 aromatic carbocycles. The highest BCUT2D eigenvalue weighted by molar-refractivity contribution is 5.98. The molecule has 3 rings (SSSR count). The third-order valence-electron chi connectivity index (χ3n) is 7.11. The van der Waals surface area contributed by atoms with Gasteiger partial charge in [0.2, 0.25) is 0 Å². The number of nitrogens with one attached hydrogen (secondary N) is 6. The highest BCUT2D eigenvalue weighted by Gasteiger charge is 2.23. The highest BCUT2D eigenvalue weighted by atomic mass is 16.4. The zero-order valence-corrected chi connectivity index (χ0v) is 26.4. The lowest BCUT2D eigenvalue weighted by atomic mass is 10.1. The molecule has 258 valence electrons. The summed E-state index contributed by atoms with van der Waals surface area (Å²) in [6.45, 7) is 4.47. The number of aliphatic carboxylic acids is 1. The van der Waals surface area contributed by atoms with E-state index in [-0.39, 0.29) is 62.3 Å². The molecule has 0 bridgehead atoms. The minimum Gasteiger partial charge on any atom is -0.502 e. The van der Waals surface area contributed by atoms with Crippen LogP contribution in [-0.4, -0.2) is 103 Å². The fraction of sp³-hybridized carbons (Fsp3) is 0.367. The quantitative estimate of drug-likeness (QED) is 0.0923. The monoisotopic (exact) mass is 671 g/mol. The van der Waals surface area contributed by atoms with Gasteiger partial charge in [0, 0.05) is 62.3 Å². The number of amides is 3. The molecule has 0 fully saturated rings. The molecule has 0 aliphatic rings. The van der Waals surface area contributed by atoms with Crippen molar-refractivity contribution in [2.45, 2.75) is 39.7 Å². The van der Waals surface area contributed by atoms with Gasteiger partial charge in [0.05, 0.1) is 16.7 Å². The normalized spacial score (nSPS) is 11.6. The van der Waals surface area contributed by atoms with Gasteiger partial charge in [-0.15, -0.1) is 0 Å². The Morgan fingerprint density at radius 1 is 0.688 bits per heavy atom. The summed E-state index contributed by atoms with van der Waals surface area (Å²) in [6.07, 6.45) is -0.450. The molecule has 1 atom stereocenters. The zero-order chi connectivity index (χ0) is 35.7. The van der Waals surface area contributed by atoms with E-state index in [4.69, 9.17) is 0 Å². The molecule has 3 heterocycles. The number of carboxylic acids is 1. The molecule has 0 saturated carbocycles. The lowest BCUT2D eigenvalue weighted by Gasteiger charge is -2.28. The van der Waals surface area contributed by atoms with E-state index in [0.29, 0.717) is 17.1 Å². The van der Waals surface area contributed by atoms with Crippen molar-refractivity contribution >= 4 is 23.7 Å². The van der Waals surface area contributed by atoms with Gasteiger partial charge in [0.15, 0.2) is 17.2 Å². The van der Waals surface area contributed by atoms with Crippen LogP contribution in [0.1, 0.15) is 61.0 Å². The van der Waals surface area contributed by atoms with Gasteiger partial charge in [0.1, 0.15) is 0 Å². The lowest BCUT2D eigenvalue weighted by molar-refractivity contribution is -0.137. The smallest absolute Gasteiger partial charge is 0.303 e. The maximum atomic E-state index is 13.1. The molecular formula is C30H37N7O11. The van der Waals surface area contributed by atoms with Crippen LogP contribution in [0.5, 0.6) is 17.2 Å². The second-order valence-corrected chi connectivity index (χ2v) is 11.0. The number of hydrogen-bond acceptors (Lipinski definition) is 11. The average Bonchev–Trinajstić information content (AvgIpc) is 3.00. The van der Waals surface area contributed by atoms with Gasteiger partial charge in [-0.2, -0.15) is 0 Å². The minimum absolute atomic E-state index is 0.0432. The van der Waals surface area contributed by atoms with Crippen molar-refractivity contribution in [3.05, 3.63) is 83.0 Å². The number of carbonyl (C=O) groups excluding carboxylic acids is 3. The van der Waals surface area contributed by atoms with Gasteiger partial charge in [-0.25, -0.2) is 0 Å². The standard InChI is InChI=1S/C30H37N7O11/c1-14-10-18(22(40)28(46)33-14)25(43)31-6-8-37(9-7-32-26(44)19-11-15(2)34-29(47)23(19)41)13-17(4-5-21(38)39)36-27(45)20-12-16(3)35-30(48)24(20)42/h10-12,17,40-42H,4-9,13H2,1-3H3,(H,31,43)(H,32,44)(H,33,46)(H,34,47)(H,35,48)(H,36,45)(H,38,39). The van der Waals surface area contributed by atoms with Crippen molar-refractivity contribution in [1.82, 2.24) is 35.8 Å². The van der Waals surface area contributed by atoms with Crippen LogP contribution in [0.15, 0.2) is 32.6 Å². The second kappa shape index (κ2) is 16.1. The van der Waals surface area contributed by atoms with E-state index in [1.54, 1.807) is 4.90 Å². The summed E-state index contributed by atoms with van der Waals surface area (Å²) >= 11 is 0. The van der Waals surface area contributed by atoms with Gasteiger partial charge >= 0.3 is 5.97 Å². The summed E-state index contributed by atoms with van der Waals surface area (Å²) < 4.78 is 0. The summed E-state index contributed by atoms with van der Waals surface area (Å²) in [7, 11) is 0. The summed E-state index contributed by atoms with van der Waals surface area (Å²) in [5.41, 5.74) is -2.48. The zero-order valence-electron chi connectivity index (χ0n) is 26.4. The molecule has 18 nitrogen and oxygen atoms in total. The lowest BCUT2D eigenvalue weighted by Crippen LogP contribution is -2.48. The number of aryl methyl sites for hydroxylation is 3. The number of aromatic hydroxyl groups is 3. The van der Waals surface area contributed by atoms with E-state index >= 15 is 0 Å². The van der Waals surface area contributed by atoms with Crippen LogP contribution >= 0.6 is 0 Å². The molecule has 0 spiro atoms. The molecular weight excluding hydrogens is 634 g/mol. The van der Waals surface area contributed by atoms with E-state index in [1.807, 2.05) is 0 Å². The first kappa shape index (κ1) is 36.6. The molecule has 0 aliphatic carbocycles. The number of nitrogens with zero attached hydrogens (tertiary/aromatic N) is 1. The van der Waals surface area contributed by atoms with Gasteiger partial charge in [-0.3, -0.25) is 38.5 Å². The molecule has 3 aromatic rings. The fourth-order valence-electron chi connectivity index (χ4n) is 4.79. The van der Waals surface area contributed by atoms with Gasteiger partial charge in [-0.05, 0) is 45.4 Å². The molecule has 48 heavy (non-hydrogen) atoms.